The van der Waals surface area contributed by atoms with Gasteiger partial charge in [-0.25, -0.2) is 4.98 Å². The molecule has 0 saturated heterocycles. The lowest BCUT2D eigenvalue weighted by atomic mass is 9.87. The molecule has 0 unspecified atom stereocenters. The number of benzene rings is 1. The zero-order chi connectivity index (χ0) is 14.2. The van der Waals surface area contributed by atoms with Crippen molar-refractivity contribution in [3.05, 3.63) is 22.7 Å². The van der Waals surface area contributed by atoms with E-state index in [1.165, 1.54) is 11.3 Å². The Balaban J connectivity index is 2.33. The summed E-state index contributed by atoms with van der Waals surface area (Å²) >= 11 is 7.63. The van der Waals surface area contributed by atoms with Crippen LogP contribution in [0.3, 0.4) is 0 Å². The van der Waals surface area contributed by atoms with Crippen LogP contribution in [-0.4, -0.2) is 16.9 Å². The monoisotopic (exact) mass is 297 g/mol. The maximum atomic E-state index is 12.2. The summed E-state index contributed by atoms with van der Waals surface area (Å²) in [6.07, 6.45) is 0. The van der Waals surface area contributed by atoms with Crippen LogP contribution < -0.4 is 11.1 Å². The SMILES string of the molecule is CC(C)(C)[C@H](N)C(=O)Nc1c(Cl)ccc2scnc12. The highest BCUT2D eigenvalue weighted by atomic mass is 35.5. The summed E-state index contributed by atoms with van der Waals surface area (Å²) in [5.74, 6) is -0.255. The van der Waals surface area contributed by atoms with Crippen molar-refractivity contribution < 1.29 is 4.79 Å². The van der Waals surface area contributed by atoms with Crippen molar-refractivity contribution in [2.24, 2.45) is 11.1 Å². The molecular formula is C13H16ClN3OS. The number of fused-ring (bicyclic) bond motifs is 1. The molecule has 3 N–H and O–H groups in total. The first-order valence-electron chi connectivity index (χ1n) is 5.89. The molecule has 4 nitrogen and oxygen atoms in total. The van der Waals surface area contributed by atoms with Crippen LogP contribution in [0, 0.1) is 5.41 Å². The fraction of sp³-hybridized carbons (Fsp3) is 0.385. The summed E-state index contributed by atoms with van der Waals surface area (Å²) in [5, 5.41) is 3.26. The normalized spacial score (nSPS) is 13.5. The average molecular weight is 298 g/mol. The van der Waals surface area contributed by atoms with Crippen LogP contribution in [0.4, 0.5) is 5.69 Å². The van der Waals surface area contributed by atoms with Gasteiger partial charge in [-0.3, -0.25) is 4.79 Å². The number of aromatic nitrogens is 1. The zero-order valence-electron chi connectivity index (χ0n) is 11.0. The van der Waals surface area contributed by atoms with Gasteiger partial charge in [0.1, 0.15) is 5.52 Å². The second kappa shape index (κ2) is 5.07. The number of halogens is 1. The Labute approximate surface area is 121 Å². The molecule has 6 heteroatoms. The molecule has 2 rings (SSSR count). The number of rotatable bonds is 2. The Morgan fingerprint density at radius 3 is 2.79 bits per heavy atom. The first-order chi connectivity index (χ1) is 8.80. The number of nitrogens with one attached hydrogen (secondary N) is 1. The van der Waals surface area contributed by atoms with Crippen molar-refractivity contribution in [3.63, 3.8) is 0 Å². The van der Waals surface area contributed by atoms with Crippen molar-refractivity contribution in [2.45, 2.75) is 26.8 Å². The Morgan fingerprint density at radius 2 is 2.16 bits per heavy atom. The lowest BCUT2D eigenvalue weighted by Gasteiger charge is -2.26. The van der Waals surface area contributed by atoms with Crippen LogP contribution in [-0.2, 0) is 4.79 Å². The van der Waals surface area contributed by atoms with Crippen LogP contribution in [0.15, 0.2) is 17.6 Å². The zero-order valence-corrected chi connectivity index (χ0v) is 12.6. The van der Waals surface area contributed by atoms with E-state index in [9.17, 15) is 4.79 Å². The van der Waals surface area contributed by atoms with E-state index in [2.05, 4.69) is 10.3 Å². The van der Waals surface area contributed by atoms with Gasteiger partial charge in [0.25, 0.3) is 0 Å². The number of nitrogens with zero attached hydrogens (tertiary/aromatic N) is 1. The van der Waals surface area contributed by atoms with E-state index in [1.807, 2.05) is 26.8 Å². The molecule has 0 saturated carbocycles. The second-order valence-electron chi connectivity index (χ2n) is 5.45. The summed E-state index contributed by atoms with van der Waals surface area (Å²) in [5.41, 5.74) is 8.58. The fourth-order valence-corrected chi connectivity index (χ4v) is 2.50. The van der Waals surface area contributed by atoms with Gasteiger partial charge in [0, 0.05) is 0 Å². The minimum absolute atomic E-state index is 0.255. The minimum Gasteiger partial charge on any atom is -0.322 e. The van der Waals surface area contributed by atoms with E-state index >= 15 is 0 Å². The highest BCUT2D eigenvalue weighted by molar-refractivity contribution is 7.16. The predicted molar refractivity (Wildman–Crippen MR) is 80.7 cm³/mol. The molecule has 1 heterocycles. The number of hydrogen-bond donors (Lipinski definition) is 2. The topological polar surface area (TPSA) is 68.0 Å². The second-order valence-corrected chi connectivity index (χ2v) is 6.75. The van der Waals surface area contributed by atoms with Crippen LogP contribution in [0.25, 0.3) is 10.2 Å². The molecule has 0 aliphatic rings. The number of carbonyl (C=O) groups is 1. The van der Waals surface area contributed by atoms with Gasteiger partial charge >= 0.3 is 0 Å². The van der Waals surface area contributed by atoms with E-state index in [0.29, 0.717) is 16.2 Å². The first-order valence-corrected chi connectivity index (χ1v) is 7.14. The Hall–Kier alpha value is -1.17. The molecule has 1 aromatic carbocycles. The highest BCUT2D eigenvalue weighted by Gasteiger charge is 2.28. The molecule has 2 aromatic rings. The summed E-state index contributed by atoms with van der Waals surface area (Å²) < 4.78 is 0.976. The van der Waals surface area contributed by atoms with Crippen molar-refractivity contribution in [1.29, 1.82) is 0 Å². The maximum absolute atomic E-state index is 12.2. The molecule has 0 aliphatic heterocycles. The van der Waals surface area contributed by atoms with Gasteiger partial charge in [-0.2, -0.15) is 0 Å². The lowest BCUT2D eigenvalue weighted by Crippen LogP contribution is -2.45. The van der Waals surface area contributed by atoms with Gasteiger partial charge in [0.2, 0.25) is 5.91 Å². The standard InChI is InChI=1S/C13H16ClN3OS/c1-13(2,3)11(15)12(18)17-9-7(14)4-5-8-10(9)16-6-19-8/h4-6,11H,15H2,1-3H3,(H,17,18)/t11-/m1/s1. The number of thiazole rings is 1. The van der Waals surface area contributed by atoms with Crippen LogP contribution >= 0.6 is 22.9 Å². The minimum atomic E-state index is -0.613. The summed E-state index contributed by atoms with van der Waals surface area (Å²) in [6.45, 7) is 5.76. The van der Waals surface area contributed by atoms with E-state index in [1.54, 1.807) is 11.6 Å². The number of amides is 1. The molecule has 1 aromatic heterocycles. The van der Waals surface area contributed by atoms with Crippen LogP contribution in [0.2, 0.25) is 5.02 Å². The van der Waals surface area contributed by atoms with Gasteiger partial charge in [-0.15, -0.1) is 11.3 Å². The molecule has 0 fully saturated rings. The molecule has 0 spiro atoms. The van der Waals surface area contributed by atoms with E-state index in [4.69, 9.17) is 17.3 Å². The summed E-state index contributed by atoms with van der Waals surface area (Å²) in [4.78, 5) is 16.4. The largest absolute Gasteiger partial charge is 0.322 e. The molecular weight excluding hydrogens is 282 g/mol. The maximum Gasteiger partial charge on any atom is 0.241 e. The third-order valence-corrected chi connectivity index (χ3v) is 4.02. The lowest BCUT2D eigenvalue weighted by molar-refractivity contribution is -0.119. The number of carbonyl (C=O) groups excluding carboxylic acids is 1. The third-order valence-electron chi connectivity index (χ3n) is 2.92. The van der Waals surface area contributed by atoms with Gasteiger partial charge in [-0.1, -0.05) is 32.4 Å². The molecule has 102 valence electrons. The van der Waals surface area contributed by atoms with Gasteiger partial charge in [0.05, 0.1) is 27.0 Å². The van der Waals surface area contributed by atoms with E-state index in [0.717, 1.165) is 4.70 Å². The summed E-state index contributed by atoms with van der Waals surface area (Å²) in [7, 11) is 0. The number of hydrogen-bond acceptors (Lipinski definition) is 4. The average Bonchev–Trinajstić information content (AvgIpc) is 2.78. The number of nitrogens with two attached hydrogens (primary N) is 1. The fourth-order valence-electron chi connectivity index (χ4n) is 1.62. The van der Waals surface area contributed by atoms with Gasteiger partial charge < -0.3 is 11.1 Å². The Morgan fingerprint density at radius 1 is 1.47 bits per heavy atom. The summed E-state index contributed by atoms with van der Waals surface area (Å²) in [6, 6.07) is 3.02. The van der Waals surface area contributed by atoms with Crippen LogP contribution in [0.1, 0.15) is 20.8 Å². The molecule has 19 heavy (non-hydrogen) atoms. The highest BCUT2D eigenvalue weighted by Crippen LogP contribution is 2.32. The van der Waals surface area contributed by atoms with E-state index in [-0.39, 0.29) is 11.3 Å². The van der Waals surface area contributed by atoms with Gasteiger partial charge in [0.15, 0.2) is 0 Å². The number of anilines is 1. The smallest absolute Gasteiger partial charge is 0.241 e. The first kappa shape index (κ1) is 14.2. The van der Waals surface area contributed by atoms with Crippen LogP contribution in [0.5, 0.6) is 0 Å². The third kappa shape index (κ3) is 2.88. The molecule has 0 radical (unpaired) electrons. The Bertz CT molecular complexity index is 618. The quantitative estimate of drug-likeness (QED) is 0.894. The van der Waals surface area contributed by atoms with Crippen molar-refractivity contribution in [2.75, 3.05) is 5.32 Å². The van der Waals surface area contributed by atoms with Gasteiger partial charge in [-0.05, 0) is 17.5 Å². The van der Waals surface area contributed by atoms with Crippen molar-refractivity contribution >= 4 is 44.7 Å². The van der Waals surface area contributed by atoms with Crippen molar-refractivity contribution in [1.82, 2.24) is 4.98 Å². The van der Waals surface area contributed by atoms with Crippen molar-refractivity contribution in [3.8, 4) is 0 Å². The Kier molecular flexibility index (Phi) is 3.80. The molecule has 1 amide bonds. The molecule has 0 aliphatic carbocycles. The molecule has 0 bridgehead atoms. The van der Waals surface area contributed by atoms with E-state index < -0.39 is 6.04 Å². The predicted octanol–water partition coefficient (Wildman–Crippen LogP) is 3.26. The molecule has 1 atom stereocenters.